The number of pyridine rings is 1. The van der Waals surface area contributed by atoms with Gasteiger partial charge in [0.05, 0.1) is 6.07 Å². The molecule has 0 aromatic carbocycles. The lowest BCUT2D eigenvalue weighted by Gasteiger charge is -2.16. The van der Waals surface area contributed by atoms with E-state index in [1.54, 1.807) is 32.0 Å². The van der Waals surface area contributed by atoms with E-state index in [1.807, 2.05) is 6.07 Å². The van der Waals surface area contributed by atoms with Crippen molar-refractivity contribution in [2.45, 2.75) is 19.4 Å². The minimum Gasteiger partial charge on any atom is -0.333 e. The topological polar surface area (TPSA) is 65.8 Å². The molecule has 0 saturated heterocycles. The van der Waals surface area contributed by atoms with Gasteiger partial charge in [-0.05, 0) is 41.9 Å². The first-order valence-corrected chi connectivity index (χ1v) is 5.10. The minimum absolute atomic E-state index is 0.285. The summed E-state index contributed by atoms with van der Waals surface area (Å²) in [4.78, 5) is 15.6. The lowest BCUT2D eigenvalue weighted by atomic mass is 10.1. The predicted octanol–water partition coefficient (Wildman–Crippen LogP) is 1.88. The van der Waals surface area contributed by atoms with Crippen LogP contribution in [0.15, 0.2) is 22.8 Å². The molecule has 0 atom stereocenters. The number of nitriles is 1. The van der Waals surface area contributed by atoms with E-state index < -0.39 is 5.54 Å². The lowest BCUT2D eigenvalue weighted by Crippen LogP contribution is -2.42. The van der Waals surface area contributed by atoms with Crippen molar-refractivity contribution in [1.82, 2.24) is 10.3 Å². The van der Waals surface area contributed by atoms with Crippen molar-refractivity contribution in [3.8, 4) is 6.07 Å². The number of rotatable bonds is 2. The largest absolute Gasteiger partial charge is 0.333 e. The van der Waals surface area contributed by atoms with E-state index in [0.717, 1.165) is 0 Å². The van der Waals surface area contributed by atoms with Gasteiger partial charge in [-0.25, -0.2) is 4.98 Å². The molecule has 15 heavy (non-hydrogen) atoms. The van der Waals surface area contributed by atoms with Gasteiger partial charge in [0, 0.05) is 0 Å². The van der Waals surface area contributed by atoms with Gasteiger partial charge in [0.1, 0.15) is 15.8 Å². The van der Waals surface area contributed by atoms with E-state index in [4.69, 9.17) is 5.26 Å². The summed E-state index contributed by atoms with van der Waals surface area (Å²) in [6.07, 6.45) is 0. The Morgan fingerprint density at radius 3 is 2.80 bits per heavy atom. The van der Waals surface area contributed by atoms with Crippen LogP contribution in [0.2, 0.25) is 0 Å². The number of amides is 1. The van der Waals surface area contributed by atoms with Crippen molar-refractivity contribution in [2.75, 3.05) is 0 Å². The summed E-state index contributed by atoms with van der Waals surface area (Å²) >= 11 is 3.17. The first-order valence-electron chi connectivity index (χ1n) is 4.31. The zero-order valence-corrected chi connectivity index (χ0v) is 10.00. The van der Waals surface area contributed by atoms with Crippen LogP contribution in [0.4, 0.5) is 0 Å². The second-order valence-corrected chi connectivity index (χ2v) is 4.35. The highest BCUT2D eigenvalue weighted by atomic mass is 79.9. The molecule has 0 aliphatic carbocycles. The van der Waals surface area contributed by atoms with E-state index in [9.17, 15) is 4.79 Å². The van der Waals surface area contributed by atoms with Gasteiger partial charge >= 0.3 is 0 Å². The Bertz CT molecular complexity index is 423. The van der Waals surface area contributed by atoms with Crippen LogP contribution < -0.4 is 5.32 Å². The SMILES string of the molecule is CC(C)(C#N)NC(=O)c1cccc(Br)n1. The fourth-order valence-electron chi connectivity index (χ4n) is 0.911. The van der Waals surface area contributed by atoms with E-state index >= 15 is 0 Å². The van der Waals surface area contributed by atoms with E-state index in [1.165, 1.54) is 0 Å². The van der Waals surface area contributed by atoms with Crippen molar-refractivity contribution in [3.05, 3.63) is 28.5 Å². The summed E-state index contributed by atoms with van der Waals surface area (Å²) in [5.41, 5.74) is -0.603. The average Bonchev–Trinajstić information content (AvgIpc) is 2.17. The van der Waals surface area contributed by atoms with Crippen LogP contribution in [0.25, 0.3) is 0 Å². The number of nitrogens with one attached hydrogen (secondary N) is 1. The van der Waals surface area contributed by atoms with Gasteiger partial charge in [-0.1, -0.05) is 6.07 Å². The average molecular weight is 268 g/mol. The molecule has 5 heteroatoms. The molecule has 0 bridgehead atoms. The third kappa shape index (κ3) is 3.33. The van der Waals surface area contributed by atoms with Crippen LogP contribution in [0.1, 0.15) is 24.3 Å². The maximum atomic E-state index is 11.6. The second-order valence-electron chi connectivity index (χ2n) is 3.54. The monoisotopic (exact) mass is 267 g/mol. The van der Waals surface area contributed by atoms with Gasteiger partial charge in [-0.2, -0.15) is 5.26 Å². The Hall–Kier alpha value is -1.41. The van der Waals surface area contributed by atoms with Crippen molar-refractivity contribution in [2.24, 2.45) is 0 Å². The molecule has 78 valence electrons. The highest BCUT2D eigenvalue weighted by molar-refractivity contribution is 9.10. The maximum Gasteiger partial charge on any atom is 0.271 e. The van der Waals surface area contributed by atoms with Gasteiger partial charge in [0.15, 0.2) is 0 Å². The molecule has 1 amide bonds. The van der Waals surface area contributed by atoms with Crippen LogP contribution in [0, 0.1) is 11.3 Å². The lowest BCUT2D eigenvalue weighted by molar-refractivity contribution is 0.0924. The van der Waals surface area contributed by atoms with E-state index in [2.05, 4.69) is 26.2 Å². The summed E-state index contributed by atoms with van der Waals surface area (Å²) in [6, 6.07) is 7.02. The normalized spacial score (nSPS) is 10.5. The van der Waals surface area contributed by atoms with Crippen LogP contribution in [-0.4, -0.2) is 16.4 Å². The highest BCUT2D eigenvalue weighted by Crippen LogP contribution is 2.07. The van der Waals surface area contributed by atoms with Crippen LogP contribution in [0.3, 0.4) is 0 Å². The van der Waals surface area contributed by atoms with Gasteiger partial charge in [-0.15, -0.1) is 0 Å². The van der Waals surface area contributed by atoms with Gasteiger partial charge < -0.3 is 5.32 Å². The van der Waals surface area contributed by atoms with Crippen LogP contribution in [0.5, 0.6) is 0 Å². The first kappa shape index (κ1) is 11.7. The number of nitrogens with zero attached hydrogens (tertiary/aromatic N) is 2. The molecule has 0 aliphatic heterocycles. The molecule has 0 unspecified atom stereocenters. The molecule has 1 heterocycles. The highest BCUT2D eigenvalue weighted by Gasteiger charge is 2.20. The second kappa shape index (κ2) is 4.41. The Morgan fingerprint density at radius 2 is 2.27 bits per heavy atom. The predicted molar refractivity (Wildman–Crippen MR) is 59.1 cm³/mol. The van der Waals surface area contributed by atoms with Crippen LogP contribution >= 0.6 is 15.9 Å². The number of carbonyl (C=O) groups is 1. The molecule has 1 rings (SSSR count). The van der Waals surface area contributed by atoms with Crippen LogP contribution in [-0.2, 0) is 0 Å². The fourth-order valence-corrected chi connectivity index (χ4v) is 1.25. The third-order valence-electron chi connectivity index (χ3n) is 1.65. The molecular weight excluding hydrogens is 258 g/mol. The summed E-state index contributed by atoms with van der Waals surface area (Å²) in [5.74, 6) is -0.358. The molecule has 1 aromatic heterocycles. The number of carbonyl (C=O) groups excluding carboxylic acids is 1. The van der Waals surface area contributed by atoms with E-state index in [-0.39, 0.29) is 11.6 Å². The smallest absolute Gasteiger partial charge is 0.271 e. The molecule has 0 spiro atoms. The first-order chi connectivity index (χ1) is 6.94. The molecular formula is C10H10BrN3O. The number of hydrogen-bond acceptors (Lipinski definition) is 3. The Labute approximate surface area is 96.4 Å². The Balaban J connectivity index is 2.84. The maximum absolute atomic E-state index is 11.6. The Morgan fingerprint density at radius 1 is 1.60 bits per heavy atom. The molecule has 0 fully saturated rings. The number of halogens is 1. The molecule has 0 radical (unpaired) electrons. The summed E-state index contributed by atoms with van der Waals surface area (Å²) < 4.78 is 0.588. The van der Waals surface area contributed by atoms with Gasteiger partial charge in [0.2, 0.25) is 0 Å². The summed E-state index contributed by atoms with van der Waals surface area (Å²) in [7, 11) is 0. The Kier molecular flexibility index (Phi) is 3.43. The summed E-state index contributed by atoms with van der Waals surface area (Å²) in [6.45, 7) is 3.26. The minimum atomic E-state index is -0.888. The van der Waals surface area contributed by atoms with Gasteiger partial charge in [-0.3, -0.25) is 4.79 Å². The zero-order chi connectivity index (χ0) is 11.5. The molecule has 1 aromatic rings. The quantitative estimate of drug-likeness (QED) is 0.833. The summed E-state index contributed by atoms with van der Waals surface area (Å²) in [5, 5.41) is 11.3. The van der Waals surface area contributed by atoms with Gasteiger partial charge in [0.25, 0.3) is 5.91 Å². The van der Waals surface area contributed by atoms with Crippen molar-refractivity contribution in [1.29, 1.82) is 5.26 Å². The van der Waals surface area contributed by atoms with E-state index in [0.29, 0.717) is 4.60 Å². The third-order valence-corrected chi connectivity index (χ3v) is 2.09. The van der Waals surface area contributed by atoms with Crippen molar-refractivity contribution >= 4 is 21.8 Å². The standard InChI is InChI=1S/C10H10BrN3O/c1-10(2,6-12)14-9(15)7-4-3-5-8(11)13-7/h3-5H,1-2H3,(H,14,15). The number of hydrogen-bond donors (Lipinski definition) is 1. The number of aromatic nitrogens is 1. The fraction of sp³-hybridized carbons (Fsp3) is 0.300. The zero-order valence-electron chi connectivity index (χ0n) is 8.41. The molecule has 0 aliphatic rings. The molecule has 4 nitrogen and oxygen atoms in total. The molecule has 1 N–H and O–H groups in total. The van der Waals surface area contributed by atoms with Crippen molar-refractivity contribution < 1.29 is 4.79 Å². The molecule has 0 saturated carbocycles. The van der Waals surface area contributed by atoms with Crippen molar-refractivity contribution in [3.63, 3.8) is 0 Å².